The van der Waals surface area contributed by atoms with Crippen LogP contribution in [0.3, 0.4) is 0 Å². The number of benzene rings is 1. The molecule has 24 heavy (non-hydrogen) atoms. The Morgan fingerprint density at radius 3 is 2.71 bits per heavy atom. The summed E-state index contributed by atoms with van der Waals surface area (Å²) < 4.78 is 12.3. The van der Waals surface area contributed by atoms with E-state index in [0.717, 1.165) is 11.3 Å². The van der Waals surface area contributed by atoms with Crippen LogP contribution >= 0.6 is 0 Å². The summed E-state index contributed by atoms with van der Waals surface area (Å²) in [4.78, 5) is 12.2. The molecule has 0 unspecified atom stereocenters. The van der Waals surface area contributed by atoms with Crippen LogP contribution in [0, 0.1) is 13.8 Å². The topological polar surface area (TPSA) is 82.2 Å². The molecule has 3 aromatic rings. The van der Waals surface area contributed by atoms with Gasteiger partial charge in [-0.05, 0) is 32.9 Å². The third kappa shape index (κ3) is 3.45. The normalized spacial score (nSPS) is 12.0. The molecule has 3 rings (SSSR count). The number of aromatic nitrogens is 3. The van der Waals surface area contributed by atoms with E-state index in [9.17, 15) is 4.79 Å². The minimum absolute atomic E-state index is 0.322. The van der Waals surface area contributed by atoms with Crippen molar-refractivity contribution in [3.8, 4) is 11.6 Å². The molecule has 1 aromatic carbocycles. The predicted octanol–water partition coefficient (Wildman–Crippen LogP) is 2.88. The first-order chi connectivity index (χ1) is 11.5. The van der Waals surface area contributed by atoms with Crippen molar-refractivity contribution >= 4 is 11.7 Å². The number of nitrogens with one attached hydrogen (secondary N) is 1. The van der Waals surface area contributed by atoms with E-state index in [0.29, 0.717) is 17.5 Å². The molecule has 0 bridgehead atoms. The van der Waals surface area contributed by atoms with Crippen molar-refractivity contribution in [1.82, 2.24) is 14.9 Å². The van der Waals surface area contributed by atoms with Gasteiger partial charge in [-0.3, -0.25) is 4.79 Å². The van der Waals surface area contributed by atoms with Crippen LogP contribution in [0.5, 0.6) is 5.88 Å². The summed E-state index contributed by atoms with van der Waals surface area (Å²) in [6, 6.07) is 11.3. The molecule has 124 valence electrons. The van der Waals surface area contributed by atoms with Gasteiger partial charge in [0.1, 0.15) is 5.76 Å². The van der Waals surface area contributed by atoms with Gasteiger partial charge in [0.15, 0.2) is 11.9 Å². The second-order valence-corrected chi connectivity index (χ2v) is 5.47. The summed E-state index contributed by atoms with van der Waals surface area (Å²) in [5, 5.41) is 10.8. The molecule has 7 heteroatoms. The van der Waals surface area contributed by atoms with Crippen LogP contribution in [0.15, 0.2) is 47.1 Å². The van der Waals surface area contributed by atoms with Gasteiger partial charge < -0.3 is 14.6 Å². The van der Waals surface area contributed by atoms with Gasteiger partial charge in [-0.1, -0.05) is 23.4 Å². The second kappa shape index (κ2) is 6.57. The number of carbonyl (C=O) groups is 1. The van der Waals surface area contributed by atoms with Gasteiger partial charge in [0, 0.05) is 17.8 Å². The van der Waals surface area contributed by atoms with Crippen LogP contribution in [0.1, 0.15) is 18.2 Å². The Hall–Kier alpha value is -3.09. The fraction of sp³-hybridized carbons (Fsp3) is 0.235. The molecule has 0 fully saturated rings. The highest BCUT2D eigenvalue weighted by molar-refractivity contribution is 5.93. The average molecular weight is 326 g/mol. The third-order valence-electron chi connectivity index (χ3n) is 3.41. The van der Waals surface area contributed by atoms with Crippen LogP contribution in [0.25, 0.3) is 5.69 Å². The molecule has 1 amide bonds. The van der Waals surface area contributed by atoms with E-state index in [1.54, 1.807) is 24.6 Å². The van der Waals surface area contributed by atoms with Gasteiger partial charge in [0.2, 0.25) is 5.88 Å². The van der Waals surface area contributed by atoms with Gasteiger partial charge in [-0.15, -0.1) is 5.10 Å². The second-order valence-electron chi connectivity index (χ2n) is 5.47. The number of ether oxygens (including phenoxy) is 1. The molecular weight excluding hydrogens is 308 g/mol. The van der Waals surface area contributed by atoms with Crippen molar-refractivity contribution in [2.45, 2.75) is 26.9 Å². The highest BCUT2D eigenvalue weighted by Gasteiger charge is 2.19. The van der Waals surface area contributed by atoms with E-state index < -0.39 is 6.10 Å². The number of hydrogen-bond donors (Lipinski definition) is 1. The van der Waals surface area contributed by atoms with E-state index >= 15 is 0 Å². The molecule has 7 nitrogen and oxygen atoms in total. The van der Waals surface area contributed by atoms with E-state index in [4.69, 9.17) is 9.26 Å². The number of rotatable bonds is 5. The maximum Gasteiger partial charge on any atom is 0.266 e. The summed E-state index contributed by atoms with van der Waals surface area (Å²) >= 11 is 0. The number of nitrogens with zero attached hydrogens (tertiary/aromatic N) is 3. The highest BCUT2D eigenvalue weighted by atomic mass is 16.5. The lowest BCUT2D eigenvalue weighted by molar-refractivity contribution is -0.122. The monoisotopic (exact) mass is 326 g/mol. The molecule has 0 aliphatic rings. The molecule has 1 N–H and O–H groups in total. The Labute approximate surface area is 139 Å². The third-order valence-corrected chi connectivity index (χ3v) is 3.41. The van der Waals surface area contributed by atoms with Crippen molar-refractivity contribution < 1.29 is 14.1 Å². The van der Waals surface area contributed by atoms with Crippen LogP contribution < -0.4 is 10.1 Å². The Bertz CT molecular complexity index is 839. The minimum Gasteiger partial charge on any atom is -0.463 e. The molecule has 0 saturated carbocycles. The van der Waals surface area contributed by atoms with Crippen molar-refractivity contribution in [3.05, 3.63) is 53.9 Å². The van der Waals surface area contributed by atoms with Crippen molar-refractivity contribution in [2.24, 2.45) is 0 Å². The fourth-order valence-corrected chi connectivity index (χ4v) is 2.15. The van der Waals surface area contributed by atoms with Crippen molar-refractivity contribution in [1.29, 1.82) is 0 Å². The lowest BCUT2D eigenvalue weighted by atomic mass is 10.3. The molecule has 0 saturated heterocycles. The number of para-hydroxylation sites is 1. The van der Waals surface area contributed by atoms with Gasteiger partial charge in [0.05, 0.1) is 5.69 Å². The SMILES string of the molecule is Cc1cc(NC(=O)[C@@H](C)Oc2nn(-c3ccccc3)cc2C)no1. The summed E-state index contributed by atoms with van der Waals surface area (Å²) in [6.45, 7) is 5.29. The van der Waals surface area contributed by atoms with Crippen LogP contribution in [-0.2, 0) is 4.79 Å². The summed E-state index contributed by atoms with van der Waals surface area (Å²) in [7, 11) is 0. The first kappa shape index (κ1) is 15.8. The van der Waals surface area contributed by atoms with Gasteiger partial charge in [0.25, 0.3) is 5.91 Å². The smallest absolute Gasteiger partial charge is 0.266 e. The molecular formula is C17H18N4O3. The summed E-state index contributed by atoms with van der Waals surface area (Å²) in [6.07, 6.45) is 1.14. The fourth-order valence-electron chi connectivity index (χ4n) is 2.15. The van der Waals surface area contributed by atoms with Crippen molar-refractivity contribution in [3.63, 3.8) is 0 Å². The standard InChI is InChI=1S/C17H18N4O3/c1-11-10-21(14-7-5-4-6-8-14)19-17(11)23-13(3)16(22)18-15-9-12(2)24-20-15/h4-10,13H,1-3H3,(H,18,20,22)/t13-/m1/s1. The van der Waals surface area contributed by atoms with E-state index in [1.807, 2.05) is 43.5 Å². The first-order valence-electron chi connectivity index (χ1n) is 7.55. The van der Waals surface area contributed by atoms with Crippen molar-refractivity contribution in [2.75, 3.05) is 5.32 Å². The number of carbonyl (C=O) groups excluding carboxylic acids is 1. The van der Waals surface area contributed by atoms with E-state index in [2.05, 4.69) is 15.6 Å². The maximum absolute atomic E-state index is 12.2. The molecule has 1 atom stereocenters. The molecule has 0 spiro atoms. The molecule has 2 aromatic heterocycles. The van der Waals surface area contributed by atoms with Gasteiger partial charge >= 0.3 is 0 Å². The van der Waals surface area contributed by atoms with E-state index in [-0.39, 0.29) is 5.91 Å². The zero-order valence-electron chi connectivity index (χ0n) is 13.7. The maximum atomic E-state index is 12.2. The predicted molar refractivity (Wildman–Crippen MR) is 88.3 cm³/mol. The Morgan fingerprint density at radius 1 is 1.29 bits per heavy atom. The minimum atomic E-state index is -0.722. The lowest BCUT2D eigenvalue weighted by Gasteiger charge is -2.12. The number of anilines is 1. The van der Waals surface area contributed by atoms with E-state index in [1.165, 1.54) is 0 Å². The molecule has 2 heterocycles. The molecule has 0 aliphatic heterocycles. The average Bonchev–Trinajstić information content (AvgIpc) is 3.14. The summed E-state index contributed by atoms with van der Waals surface area (Å²) in [5.41, 5.74) is 1.77. The van der Waals surface area contributed by atoms with Crippen LogP contribution in [0.2, 0.25) is 0 Å². The van der Waals surface area contributed by atoms with Gasteiger partial charge in [-0.25, -0.2) is 4.68 Å². The Kier molecular flexibility index (Phi) is 4.33. The largest absolute Gasteiger partial charge is 0.463 e. The molecule has 0 aliphatic carbocycles. The number of hydrogen-bond acceptors (Lipinski definition) is 5. The molecule has 0 radical (unpaired) electrons. The Morgan fingerprint density at radius 2 is 2.04 bits per heavy atom. The zero-order valence-corrected chi connectivity index (χ0v) is 13.7. The Balaban J connectivity index is 1.69. The highest BCUT2D eigenvalue weighted by Crippen LogP contribution is 2.19. The number of amides is 1. The first-order valence-corrected chi connectivity index (χ1v) is 7.55. The quantitative estimate of drug-likeness (QED) is 0.779. The number of aryl methyl sites for hydroxylation is 2. The van der Waals surface area contributed by atoms with Crippen LogP contribution in [-0.4, -0.2) is 26.9 Å². The zero-order chi connectivity index (χ0) is 17.1. The summed E-state index contributed by atoms with van der Waals surface area (Å²) in [5.74, 6) is 1.07. The van der Waals surface area contributed by atoms with Crippen LogP contribution in [0.4, 0.5) is 5.82 Å². The lowest BCUT2D eigenvalue weighted by Crippen LogP contribution is -2.30. The van der Waals surface area contributed by atoms with Gasteiger partial charge in [-0.2, -0.15) is 0 Å².